The molecule has 0 radical (unpaired) electrons. The molecular formula is C26H30N2O4S. The van der Waals surface area contributed by atoms with Crippen molar-refractivity contribution in [1.29, 1.82) is 0 Å². The van der Waals surface area contributed by atoms with E-state index in [0.29, 0.717) is 23.4 Å². The molecule has 0 unspecified atom stereocenters. The third kappa shape index (κ3) is 6.00. The largest absolute Gasteiger partial charge is 0.496 e. The topological polar surface area (TPSA) is 75.7 Å². The summed E-state index contributed by atoms with van der Waals surface area (Å²) in [5.41, 5.74) is 4.27. The second-order valence-corrected chi connectivity index (χ2v) is 9.96. The molecule has 1 N–H and O–H groups in total. The number of para-hydroxylation sites is 1. The van der Waals surface area contributed by atoms with Crippen LogP contribution in [0.3, 0.4) is 0 Å². The molecular weight excluding hydrogens is 436 g/mol. The predicted molar refractivity (Wildman–Crippen MR) is 131 cm³/mol. The highest BCUT2D eigenvalue weighted by Crippen LogP contribution is 2.25. The maximum absolute atomic E-state index is 13.5. The van der Waals surface area contributed by atoms with Gasteiger partial charge in [-0.05, 0) is 67.6 Å². The molecule has 0 aliphatic rings. The van der Waals surface area contributed by atoms with Crippen LogP contribution in [0, 0.1) is 20.8 Å². The lowest BCUT2D eigenvalue weighted by Gasteiger charge is -2.23. The first-order chi connectivity index (χ1) is 15.7. The van der Waals surface area contributed by atoms with Crippen molar-refractivity contribution in [3.8, 4) is 5.75 Å². The third-order valence-corrected chi connectivity index (χ3v) is 7.40. The first kappa shape index (κ1) is 24.5. The standard InChI is InChI=1S/C26H30N2O4S/c1-19-9-8-10-20(2)26(19)27-25(29)18-28(16-15-22-11-6-5-7-12-22)33(30,31)23-13-14-24(32-4)21(3)17-23/h5-14,17H,15-16,18H2,1-4H3,(H,27,29). The fraction of sp³-hybridized carbons (Fsp3) is 0.269. The van der Waals surface area contributed by atoms with Crippen molar-refractivity contribution < 1.29 is 17.9 Å². The Morgan fingerprint density at radius 2 is 1.58 bits per heavy atom. The summed E-state index contributed by atoms with van der Waals surface area (Å²) in [5, 5.41) is 2.90. The molecule has 1 amide bonds. The lowest BCUT2D eigenvalue weighted by molar-refractivity contribution is -0.116. The van der Waals surface area contributed by atoms with Crippen LogP contribution in [0.2, 0.25) is 0 Å². The highest BCUT2D eigenvalue weighted by atomic mass is 32.2. The van der Waals surface area contributed by atoms with Crippen LogP contribution < -0.4 is 10.1 Å². The molecule has 0 atom stereocenters. The van der Waals surface area contributed by atoms with Crippen LogP contribution in [0.1, 0.15) is 22.3 Å². The summed E-state index contributed by atoms with van der Waals surface area (Å²) >= 11 is 0. The number of nitrogens with zero attached hydrogens (tertiary/aromatic N) is 1. The van der Waals surface area contributed by atoms with Crippen molar-refractivity contribution in [2.45, 2.75) is 32.1 Å². The summed E-state index contributed by atoms with van der Waals surface area (Å²) in [6.07, 6.45) is 0.492. The summed E-state index contributed by atoms with van der Waals surface area (Å²) in [4.78, 5) is 13.1. The van der Waals surface area contributed by atoms with Gasteiger partial charge in [0.1, 0.15) is 5.75 Å². The van der Waals surface area contributed by atoms with Crippen molar-refractivity contribution in [2.24, 2.45) is 0 Å². The van der Waals surface area contributed by atoms with E-state index in [-0.39, 0.29) is 23.9 Å². The van der Waals surface area contributed by atoms with E-state index in [1.54, 1.807) is 26.2 Å². The van der Waals surface area contributed by atoms with E-state index in [1.807, 2.05) is 62.4 Å². The van der Waals surface area contributed by atoms with Gasteiger partial charge < -0.3 is 10.1 Å². The van der Waals surface area contributed by atoms with Gasteiger partial charge in [0.05, 0.1) is 18.6 Å². The van der Waals surface area contributed by atoms with Crippen molar-refractivity contribution in [1.82, 2.24) is 4.31 Å². The van der Waals surface area contributed by atoms with Crippen LogP contribution in [-0.4, -0.2) is 38.8 Å². The lowest BCUT2D eigenvalue weighted by Crippen LogP contribution is -2.39. The van der Waals surface area contributed by atoms with Gasteiger partial charge in [-0.1, -0.05) is 48.5 Å². The van der Waals surface area contributed by atoms with Gasteiger partial charge in [0.15, 0.2) is 0 Å². The normalized spacial score (nSPS) is 11.4. The minimum Gasteiger partial charge on any atom is -0.496 e. The Hall–Kier alpha value is -3.16. The van der Waals surface area contributed by atoms with Gasteiger partial charge in [0.2, 0.25) is 15.9 Å². The second kappa shape index (κ2) is 10.6. The van der Waals surface area contributed by atoms with Gasteiger partial charge in [0.25, 0.3) is 0 Å². The van der Waals surface area contributed by atoms with Crippen molar-refractivity contribution in [3.05, 3.63) is 89.0 Å². The molecule has 0 spiro atoms. The molecule has 0 saturated carbocycles. The number of amides is 1. The number of hydrogen-bond donors (Lipinski definition) is 1. The Bertz CT molecular complexity index is 1200. The molecule has 33 heavy (non-hydrogen) atoms. The smallest absolute Gasteiger partial charge is 0.243 e. The summed E-state index contributed by atoms with van der Waals surface area (Å²) < 4.78 is 33.6. The van der Waals surface area contributed by atoms with Crippen molar-refractivity contribution >= 4 is 21.6 Å². The zero-order valence-corrected chi connectivity index (χ0v) is 20.3. The van der Waals surface area contributed by atoms with E-state index in [9.17, 15) is 13.2 Å². The van der Waals surface area contributed by atoms with Gasteiger partial charge in [0, 0.05) is 12.2 Å². The average Bonchev–Trinajstić information content (AvgIpc) is 2.79. The van der Waals surface area contributed by atoms with E-state index in [2.05, 4.69) is 5.32 Å². The predicted octanol–water partition coefficient (Wildman–Crippen LogP) is 4.49. The zero-order valence-electron chi connectivity index (χ0n) is 19.5. The minimum atomic E-state index is -3.91. The van der Waals surface area contributed by atoms with Gasteiger partial charge in [-0.2, -0.15) is 4.31 Å². The summed E-state index contributed by atoms with van der Waals surface area (Å²) in [7, 11) is -2.37. The van der Waals surface area contributed by atoms with E-state index < -0.39 is 10.0 Å². The van der Waals surface area contributed by atoms with Gasteiger partial charge in [-0.25, -0.2) is 8.42 Å². The Balaban J connectivity index is 1.88. The number of carbonyl (C=O) groups is 1. The maximum Gasteiger partial charge on any atom is 0.243 e. The molecule has 0 fully saturated rings. The molecule has 0 aliphatic heterocycles. The van der Waals surface area contributed by atoms with Crippen molar-refractivity contribution in [3.63, 3.8) is 0 Å². The molecule has 3 aromatic carbocycles. The number of ether oxygens (including phenoxy) is 1. The molecule has 3 aromatic rings. The van der Waals surface area contributed by atoms with Crippen LogP contribution in [-0.2, 0) is 21.2 Å². The van der Waals surface area contributed by atoms with E-state index >= 15 is 0 Å². The first-order valence-electron chi connectivity index (χ1n) is 10.8. The molecule has 0 bridgehead atoms. The number of rotatable bonds is 9. The Morgan fingerprint density at radius 1 is 0.909 bits per heavy atom. The van der Waals surface area contributed by atoms with E-state index in [0.717, 1.165) is 16.7 Å². The first-order valence-corrected chi connectivity index (χ1v) is 12.2. The van der Waals surface area contributed by atoms with Crippen LogP contribution in [0.15, 0.2) is 71.6 Å². The fourth-order valence-corrected chi connectivity index (χ4v) is 5.18. The number of aryl methyl sites for hydroxylation is 3. The molecule has 7 heteroatoms. The highest BCUT2D eigenvalue weighted by Gasteiger charge is 2.27. The molecule has 174 valence electrons. The van der Waals surface area contributed by atoms with E-state index in [4.69, 9.17) is 4.74 Å². The van der Waals surface area contributed by atoms with Gasteiger partial charge >= 0.3 is 0 Å². The Labute approximate surface area is 196 Å². The molecule has 0 aromatic heterocycles. The second-order valence-electron chi connectivity index (χ2n) is 8.02. The summed E-state index contributed by atoms with van der Waals surface area (Å²) in [6.45, 7) is 5.50. The minimum absolute atomic E-state index is 0.133. The molecule has 6 nitrogen and oxygen atoms in total. The number of hydrogen-bond acceptors (Lipinski definition) is 4. The van der Waals surface area contributed by atoms with Crippen LogP contribution in [0.25, 0.3) is 0 Å². The van der Waals surface area contributed by atoms with Crippen LogP contribution >= 0.6 is 0 Å². The SMILES string of the molecule is COc1ccc(S(=O)(=O)N(CCc2ccccc2)CC(=O)Nc2c(C)cccc2C)cc1C. The maximum atomic E-state index is 13.5. The summed E-state index contributed by atoms with van der Waals surface area (Å²) in [5.74, 6) is 0.229. The third-order valence-electron chi connectivity index (χ3n) is 5.56. The van der Waals surface area contributed by atoms with E-state index in [1.165, 1.54) is 10.4 Å². The highest BCUT2D eigenvalue weighted by molar-refractivity contribution is 7.89. The molecule has 0 aliphatic carbocycles. The molecule has 3 rings (SSSR count). The van der Waals surface area contributed by atoms with Gasteiger partial charge in [-0.3, -0.25) is 4.79 Å². The van der Waals surface area contributed by atoms with Crippen LogP contribution in [0.5, 0.6) is 5.75 Å². The number of anilines is 1. The average molecular weight is 467 g/mol. The Kier molecular flexibility index (Phi) is 7.89. The van der Waals surface area contributed by atoms with Crippen LogP contribution in [0.4, 0.5) is 5.69 Å². The monoisotopic (exact) mass is 466 g/mol. The summed E-state index contributed by atoms with van der Waals surface area (Å²) in [6, 6.07) is 20.1. The molecule has 0 heterocycles. The Morgan fingerprint density at radius 3 is 2.18 bits per heavy atom. The number of benzene rings is 3. The van der Waals surface area contributed by atoms with Gasteiger partial charge in [-0.15, -0.1) is 0 Å². The fourth-order valence-electron chi connectivity index (χ4n) is 3.69. The number of nitrogens with one attached hydrogen (secondary N) is 1. The lowest BCUT2D eigenvalue weighted by atomic mass is 10.1. The van der Waals surface area contributed by atoms with Crippen molar-refractivity contribution in [2.75, 3.05) is 25.5 Å². The number of carbonyl (C=O) groups excluding carboxylic acids is 1. The number of sulfonamides is 1. The molecule has 0 saturated heterocycles. The quantitative estimate of drug-likeness (QED) is 0.504. The number of methoxy groups -OCH3 is 1. The zero-order chi connectivity index (χ0) is 24.0.